The number of hydrogen-bond donors (Lipinski definition) is 0. The molecule has 0 unspecified atom stereocenters. The molecule has 10 heteroatoms. The molecule has 156 valence electrons. The van der Waals surface area contributed by atoms with E-state index in [0.29, 0.717) is 0 Å². The summed E-state index contributed by atoms with van der Waals surface area (Å²) in [6.07, 6.45) is 9.91. The average Bonchev–Trinajstić information content (AvgIpc) is 2.77. The molecular weight excluding hydrogens is 396 g/mol. The van der Waals surface area contributed by atoms with Crippen molar-refractivity contribution in [1.82, 2.24) is 4.90 Å². The Kier molecular flexibility index (Phi) is 7.63. The van der Waals surface area contributed by atoms with Gasteiger partial charge in [0.25, 0.3) is 5.69 Å². The molecule has 0 aromatic heterocycles. The van der Waals surface area contributed by atoms with Gasteiger partial charge in [0.2, 0.25) is 0 Å². The quantitative estimate of drug-likeness (QED) is 0.165. The van der Waals surface area contributed by atoms with Crippen LogP contribution in [-0.4, -0.2) is 42.0 Å². The number of nitro groups is 1. The highest BCUT2D eigenvalue weighted by Crippen LogP contribution is 2.23. The molecule has 0 spiro atoms. The number of carbonyl (C=O) groups is 3. The maximum absolute atomic E-state index is 12.3. The van der Waals surface area contributed by atoms with Crippen LogP contribution in [0, 0.1) is 16.0 Å². The number of nitro benzene ring substituents is 1. The Hall–Kier alpha value is -4.21. The van der Waals surface area contributed by atoms with Crippen molar-refractivity contribution in [3.05, 3.63) is 88.6 Å². The molecule has 0 aliphatic carbocycles. The van der Waals surface area contributed by atoms with Crippen LogP contribution in [0.25, 0.3) is 0 Å². The van der Waals surface area contributed by atoms with E-state index in [1.54, 1.807) is 29.5 Å². The molecule has 1 aromatic carbocycles. The van der Waals surface area contributed by atoms with Crippen molar-refractivity contribution in [2.24, 2.45) is 5.92 Å². The molecule has 0 saturated heterocycles. The van der Waals surface area contributed by atoms with Gasteiger partial charge >= 0.3 is 17.9 Å². The number of methoxy groups -OCH3 is 2. The average molecular weight is 414 g/mol. The van der Waals surface area contributed by atoms with Gasteiger partial charge in [-0.3, -0.25) is 10.1 Å². The van der Waals surface area contributed by atoms with E-state index in [1.807, 2.05) is 0 Å². The second kappa shape index (κ2) is 10.4. The fourth-order valence-corrected chi connectivity index (χ4v) is 2.39. The molecule has 30 heavy (non-hydrogen) atoms. The zero-order chi connectivity index (χ0) is 22.1. The van der Waals surface area contributed by atoms with E-state index >= 15 is 0 Å². The molecule has 0 atom stereocenters. The van der Waals surface area contributed by atoms with Gasteiger partial charge in [-0.15, -0.1) is 0 Å². The number of para-hydroxylation sites is 1. The number of benzene rings is 1. The second-order valence-electron chi connectivity index (χ2n) is 5.74. The first kappa shape index (κ1) is 22.1. The van der Waals surface area contributed by atoms with Gasteiger partial charge in [0.05, 0.1) is 24.7 Å². The van der Waals surface area contributed by atoms with Gasteiger partial charge in [-0.05, 0) is 6.07 Å². The third kappa shape index (κ3) is 5.64. The molecule has 1 aromatic rings. The molecule has 0 saturated carbocycles. The Morgan fingerprint density at radius 3 is 2.37 bits per heavy atom. The lowest BCUT2D eigenvalue weighted by molar-refractivity contribution is -0.385. The highest BCUT2D eigenvalue weighted by molar-refractivity contribution is 5.95. The summed E-state index contributed by atoms with van der Waals surface area (Å²) in [5, 5.41) is 11.1. The normalized spacial score (nSPS) is 13.9. The summed E-state index contributed by atoms with van der Waals surface area (Å²) in [5.74, 6) is -2.87. The molecule has 1 aliphatic rings. The van der Waals surface area contributed by atoms with Crippen molar-refractivity contribution < 1.29 is 33.5 Å². The lowest BCUT2D eigenvalue weighted by Gasteiger charge is -2.19. The maximum Gasteiger partial charge on any atom is 0.349 e. The molecule has 0 radical (unpaired) electrons. The first-order valence-corrected chi connectivity index (χ1v) is 8.50. The van der Waals surface area contributed by atoms with Gasteiger partial charge in [0.1, 0.15) is 11.8 Å². The highest BCUT2D eigenvalue weighted by atomic mass is 16.6. The minimum Gasteiger partial charge on any atom is -0.466 e. The second-order valence-corrected chi connectivity index (χ2v) is 5.74. The van der Waals surface area contributed by atoms with Gasteiger partial charge in [0, 0.05) is 36.7 Å². The molecule has 0 bridgehead atoms. The Bertz CT molecular complexity index is 947. The molecule has 2 rings (SSSR count). The van der Waals surface area contributed by atoms with Gasteiger partial charge in [0.15, 0.2) is 0 Å². The van der Waals surface area contributed by atoms with Crippen LogP contribution in [0.15, 0.2) is 72.9 Å². The van der Waals surface area contributed by atoms with Crippen LogP contribution in [0.5, 0.6) is 0 Å². The molecule has 0 amide bonds. The summed E-state index contributed by atoms with van der Waals surface area (Å²) < 4.78 is 14.2. The fraction of sp³-hybridized carbons (Fsp3) is 0.150. The Morgan fingerprint density at radius 2 is 1.77 bits per heavy atom. The summed E-state index contributed by atoms with van der Waals surface area (Å²) in [7, 11) is 2.42. The summed E-state index contributed by atoms with van der Waals surface area (Å²) in [6.45, 7) is 0. The Morgan fingerprint density at radius 1 is 1.10 bits per heavy atom. The van der Waals surface area contributed by atoms with Gasteiger partial charge in [-0.25, -0.2) is 14.4 Å². The molecule has 0 fully saturated rings. The fourth-order valence-electron chi connectivity index (χ4n) is 2.39. The Balaban J connectivity index is 2.18. The molecular formula is C20H18N2O8. The van der Waals surface area contributed by atoms with Crippen molar-refractivity contribution in [3.63, 3.8) is 0 Å². The number of allylic oxidation sites excluding steroid dienone is 2. The smallest absolute Gasteiger partial charge is 0.349 e. The minimum absolute atomic E-state index is 0.00599. The summed E-state index contributed by atoms with van der Waals surface area (Å²) in [5.41, 5.74) is -0.675. The van der Waals surface area contributed by atoms with E-state index in [1.165, 1.54) is 50.8 Å². The number of ether oxygens (including phenoxy) is 3. The van der Waals surface area contributed by atoms with Crippen molar-refractivity contribution in [2.45, 2.75) is 0 Å². The van der Waals surface area contributed by atoms with Crippen LogP contribution < -0.4 is 0 Å². The predicted octanol–water partition coefficient (Wildman–Crippen LogP) is 2.45. The monoisotopic (exact) mass is 414 g/mol. The molecule has 0 N–H and O–H groups in total. The first-order valence-electron chi connectivity index (χ1n) is 8.50. The van der Waals surface area contributed by atoms with E-state index in [0.717, 1.165) is 6.26 Å². The van der Waals surface area contributed by atoms with Gasteiger partial charge < -0.3 is 19.1 Å². The lowest BCUT2D eigenvalue weighted by atomic mass is 9.98. The third-order valence-electron chi connectivity index (χ3n) is 3.91. The first-order chi connectivity index (χ1) is 14.4. The largest absolute Gasteiger partial charge is 0.466 e. The van der Waals surface area contributed by atoms with Gasteiger partial charge in [-0.1, -0.05) is 24.3 Å². The number of hydrogen-bond acceptors (Lipinski definition) is 9. The third-order valence-corrected chi connectivity index (χ3v) is 3.91. The SMILES string of the molecule is COC(=O)/C=C/N1C=CC(/C(=C\OC(=O)c2ccccc2[N+](=O)[O-])C(=O)OC)C=C1. The molecule has 10 nitrogen and oxygen atoms in total. The summed E-state index contributed by atoms with van der Waals surface area (Å²) >= 11 is 0. The van der Waals surface area contributed by atoms with Crippen LogP contribution >= 0.6 is 0 Å². The zero-order valence-electron chi connectivity index (χ0n) is 16.1. The van der Waals surface area contributed by atoms with Crippen LogP contribution in [0.1, 0.15) is 10.4 Å². The number of esters is 3. The van der Waals surface area contributed by atoms with Crippen molar-refractivity contribution in [2.75, 3.05) is 14.2 Å². The zero-order valence-corrected chi connectivity index (χ0v) is 16.1. The van der Waals surface area contributed by atoms with E-state index < -0.39 is 34.4 Å². The number of nitrogens with zero attached hydrogens (tertiary/aromatic N) is 2. The van der Waals surface area contributed by atoms with Crippen molar-refractivity contribution in [3.8, 4) is 0 Å². The number of rotatable bonds is 7. The van der Waals surface area contributed by atoms with E-state index in [9.17, 15) is 24.5 Å². The standard InChI is InChI=1S/C20H18N2O8/c1-28-18(23)9-12-21-10-7-14(8-11-21)16(19(24)29-2)13-30-20(25)15-5-3-4-6-17(15)22(26)27/h3-14H,1-2H3/b12-9+,16-13+. The van der Waals surface area contributed by atoms with E-state index in [2.05, 4.69) is 4.74 Å². The van der Waals surface area contributed by atoms with Crippen LogP contribution in [-0.2, 0) is 23.8 Å². The Labute approximate surface area is 171 Å². The molecule has 1 heterocycles. The topological polar surface area (TPSA) is 125 Å². The maximum atomic E-state index is 12.3. The van der Waals surface area contributed by atoms with Crippen molar-refractivity contribution >= 4 is 23.6 Å². The predicted molar refractivity (Wildman–Crippen MR) is 103 cm³/mol. The summed E-state index contributed by atoms with van der Waals surface area (Å²) in [6, 6.07) is 5.29. The van der Waals surface area contributed by atoms with Crippen molar-refractivity contribution in [1.29, 1.82) is 0 Å². The van der Waals surface area contributed by atoms with Gasteiger partial charge in [-0.2, -0.15) is 0 Å². The lowest BCUT2D eigenvalue weighted by Crippen LogP contribution is -2.17. The van der Waals surface area contributed by atoms with E-state index in [-0.39, 0.29) is 11.1 Å². The minimum atomic E-state index is -0.991. The molecule has 1 aliphatic heterocycles. The summed E-state index contributed by atoms with van der Waals surface area (Å²) in [4.78, 5) is 47.4. The highest BCUT2D eigenvalue weighted by Gasteiger charge is 2.23. The van der Waals surface area contributed by atoms with E-state index in [4.69, 9.17) is 9.47 Å². The number of carbonyl (C=O) groups excluding carboxylic acids is 3. The van der Waals surface area contributed by atoms with Crippen LogP contribution in [0.2, 0.25) is 0 Å². The van der Waals surface area contributed by atoms with Crippen LogP contribution in [0.4, 0.5) is 5.69 Å². The van der Waals surface area contributed by atoms with Crippen LogP contribution in [0.3, 0.4) is 0 Å².